The van der Waals surface area contributed by atoms with E-state index in [2.05, 4.69) is 15.6 Å². The van der Waals surface area contributed by atoms with E-state index in [0.717, 1.165) is 22.5 Å². The number of benzene rings is 2. The van der Waals surface area contributed by atoms with Crippen molar-refractivity contribution in [2.24, 2.45) is 0 Å². The average molecular weight is 353 g/mol. The van der Waals surface area contributed by atoms with E-state index in [4.69, 9.17) is 0 Å². The highest BCUT2D eigenvalue weighted by molar-refractivity contribution is 5.81. The Hall–Kier alpha value is -3.42. The Balaban J connectivity index is 1.48. The van der Waals surface area contributed by atoms with E-state index in [1.165, 1.54) is 12.1 Å². The standard InChI is InChI=1S/C18H19N5O3/c1-13-21-16-4-2-3-5-17(16)22(13)12-18(24)20-11-10-19-14-6-8-15(9-7-14)23(25)26/h2-9,19H,10-12H2,1H3,(H,20,24). The molecule has 0 saturated heterocycles. The summed E-state index contributed by atoms with van der Waals surface area (Å²) in [7, 11) is 0. The maximum Gasteiger partial charge on any atom is 0.269 e. The molecule has 3 rings (SSSR count). The van der Waals surface area contributed by atoms with Crippen molar-refractivity contribution in [3.05, 3.63) is 64.5 Å². The zero-order valence-corrected chi connectivity index (χ0v) is 14.3. The molecule has 2 aromatic carbocycles. The summed E-state index contributed by atoms with van der Waals surface area (Å²) in [5.74, 6) is 0.701. The number of nitro benzene ring substituents is 1. The topological polar surface area (TPSA) is 102 Å². The number of fused-ring (bicyclic) bond motifs is 1. The lowest BCUT2D eigenvalue weighted by Gasteiger charge is -2.10. The highest BCUT2D eigenvalue weighted by atomic mass is 16.6. The lowest BCUT2D eigenvalue weighted by atomic mass is 10.3. The van der Waals surface area contributed by atoms with Crippen molar-refractivity contribution in [2.45, 2.75) is 13.5 Å². The number of aryl methyl sites for hydroxylation is 1. The second kappa shape index (κ2) is 7.64. The van der Waals surface area contributed by atoms with Crippen molar-refractivity contribution >= 4 is 28.3 Å². The maximum atomic E-state index is 12.2. The van der Waals surface area contributed by atoms with Gasteiger partial charge >= 0.3 is 0 Å². The van der Waals surface area contributed by atoms with Crippen LogP contribution in [-0.4, -0.2) is 33.5 Å². The molecule has 2 N–H and O–H groups in total. The number of imidazole rings is 1. The van der Waals surface area contributed by atoms with Gasteiger partial charge in [-0.25, -0.2) is 4.98 Å². The van der Waals surface area contributed by atoms with Gasteiger partial charge in [-0.15, -0.1) is 0 Å². The van der Waals surface area contributed by atoms with E-state index < -0.39 is 4.92 Å². The van der Waals surface area contributed by atoms with Crippen LogP contribution in [0.5, 0.6) is 0 Å². The molecule has 0 radical (unpaired) electrons. The van der Waals surface area contributed by atoms with Gasteiger partial charge in [-0.05, 0) is 31.2 Å². The number of anilines is 1. The van der Waals surface area contributed by atoms with Crippen LogP contribution in [0.3, 0.4) is 0 Å². The van der Waals surface area contributed by atoms with Gasteiger partial charge in [-0.3, -0.25) is 14.9 Å². The fourth-order valence-electron chi connectivity index (χ4n) is 2.70. The van der Waals surface area contributed by atoms with Gasteiger partial charge in [0.15, 0.2) is 0 Å². The molecule has 1 amide bonds. The molecule has 0 fully saturated rings. The average Bonchev–Trinajstić information content (AvgIpc) is 2.95. The van der Waals surface area contributed by atoms with Gasteiger partial charge < -0.3 is 15.2 Å². The zero-order chi connectivity index (χ0) is 18.5. The van der Waals surface area contributed by atoms with Crippen molar-refractivity contribution < 1.29 is 9.72 Å². The quantitative estimate of drug-likeness (QED) is 0.386. The third-order valence-corrected chi connectivity index (χ3v) is 4.00. The van der Waals surface area contributed by atoms with Crippen LogP contribution in [0.15, 0.2) is 48.5 Å². The summed E-state index contributed by atoms with van der Waals surface area (Å²) >= 11 is 0. The molecule has 8 nitrogen and oxygen atoms in total. The van der Waals surface area contributed by atoms with Crippen LogP contribution in [0.1, 0.15) is 5.82 Å². The Kier molecular flexibility index (Phi) is 5.12. The Morgan fingerprint density at radius 3 is 2.62 bits per heavy atom. The molecule has 0 unspecified atom stereocenters. The first-order valence-electron chi connectivity index (χ1n) is 8.21. The van der Waals surface area contributed by atoms with Crippen molar-refractivity contribution in [3.8, 4) is 0 Å². The van der Waals surface area contributed by atoms with Crippen LogP contribution in [-0.2, 0) is 11.3 Å². The van der Waals surface area contributed by atoms with Crippen LogP contribution in [0.4, 0.5) is 11.4 Å². The number of nitro groups is 1. The number of para-hydroxylation sites is 2. The minimum atomic E-state index is -0.439. The van der Waals surface area contributed by atoms with Crippen molar-refractivity contribution in [1.82, 2.24) is 14.9 Å². The first kappa shape index (κ1) is 17.4. The number of hydrogen-bond acceptors (Lipinski definition) is 5. The first-order chi connectivity index (χ1) is 12.5. The van der Waals surface area contributed by atoms with Crippen LogP contribution < -0.4 is 10.6 Å². The van der Waals surface area contributed by atoms with Crippen LogP contribution in [0.2, 0.25) is 0 Å². The zero-order valence-electron chi connectivity index (χ0n) is 14.3. The second-order valence-corrected chi connectivity index (χ2v) is 5.81. The summed E-state index contributed by atoms with van der Waals surface area (Å²) in [6.07, 6.45) is 0. The minimum absolute atomic E-state index is 0.0479. The van der Waals surface area contributed by atoms with Gasteiger partial charge in [0, 0.05) is 30.9 Å². The smallest absolute Gasteiger partial charge is 0.269 e. The number of nitrogens with one attached hydrogen (secondary N) is 2. The van der Waals surface area contributed by atoms with Gasteiger partial charge in [0.05, 0.1) is 16.0 Å². The van der Waals surface area contributed by atoms with Crippen molar-refractivity contribution in [3.63, 3.8) is 0 Å². The number of carbonyl (C=O) groups excluding carboxylic acids is 1. The SMILES string of the molecule is Cc1nc2ccccc2n1CC(=O)NCCNc1ccc([N+](=O)[O-])cc1. The van der Waals surface area contributed by atoms with E-state index in [1.807, 2.05) is 35.8 Å². The fourth-order valence-corrected chi connectivity index (χ4v) is 2.70. The predicted molar refractivity (Wildman–Crippen MR) is 99.1 cm³/mol. The lowest BCUT2D eigenvalue weighted by molar-refractivity contribution is -0.384. The molecule has 26 heavy (non-hydrogen) atoms. The van der Waals surface area contributed by atoms with Crippen molar-refractivity contribution in [2.75, 3.05) is 18.4 Å². The largest absolute Gasteiger partial charge is 0.383 e. The first-order valence-corrected chi connectivity index (χ1v) is 8.21. The number of amides is 1. The third kappa shape index (κ3) is 3.97. The third-order valence-electron chi connectivity index (χ3n) is 4.00. The van der Waals surface area contributed by atoms with E-state index in [0.29, 0.717) is 13.1 Å². The molecular weight excluding hydrogens is 334 g/mol. The molecule has 1 heterocycles. The van der Waals surface area contributed by atoms with E-state index >= 15 is 0 Å². The van der Waals surface area contributed by atoms with Crippen LogP contribution in [0.25, 0.3) is 11.0 Å². The summed E-state index contributed by atoms with van der Waals surface area (Å²) < 4.78 is 1.88. The second-order valence-electron chi connectivity index (χ2n) is 5.81. The normalized spacial score (nSPS) is 10.7. The lowest BCUT2D eigenvalue weighted by Crippen LogP contribution is -2.31. The Morgan fingerprint density at radius 2 is 1.88 bits per heavy atom. The minimum Gasteiger partial charge on any atom is -0.383 e. The van der Waals surface area contributed by atoms with E-state index in [9.17, 15) is 14.9 Å². The van der Waals surface area contributed by atoms with E-state index in [-0.39, 0.29) is 18.1 Å². The highest BCUT2D eigenvalue weighted by Crippen LogP contribution is 2.16. The Bertz CT molecular complexity index is 934. The molecular formula is C18H19N5O3. The highest BCUT2D eigenvalue weighted by Gasteiger charge is 2.10. The molecule has 0 atom stereocenters. The van der Waals surface area contributed by atoms with Crippen LogP contribution in [0, 0.1) is 17.0 Å². The summed E-state index contributed by atoms with van der Waals surface area (Å²) in [6, 6.07) is 13.9. The molecule has 0 aliphatic rings. The monoisotopic (exact) mass is 353 g/mol. The molecule has 3 aromatic rings. The molecule has 0 aliphatic carbocycles. The van der Waals surface area contributed by atoms with Gasteiger partial charge in [-0.1, -0.05) is 12.1 Å². The number of aromatic nitrogens is 2. The Labute approximate surface area is 150 Å². The van der Waals surface area contributed by atoms with E-state index in [1.54, 1.807) is 12.1 Å². The number of non-ortho nitro benzene ring substituents is 1. The fraction of sp³-hybridized carbons (Fsp3) is 0.222. The molecule has 0 aliphatic heterocycles. The molecule has 0 spiro atoms. The summed E-state index contributed by atoms with van der Waals surface area (Å²) in [5, 5.41) is 16.6. The molecule has 0 bridgehead atoms. The van der Waals surface area contributed by atoms with Gasteiger partial charge in [0.2, 0.25) is 5.91 Å². The number of rotatable bonds is 7. The predicted octanol–water partition coefficient (Wildman–Crippen LogP) is 2.48. The molecule has 0 saturated carbocycles. The van der Waals surface area contributed by atoms with Gasteiger partial charge in [0.1, 0.15) is 12.4 Å². The molecule has 134 valence electrons. The number of carbonyl (C=O) groups is 1. The molecule has 8 heteroatoms. The summed E-state index contributed by atoms with van der Waals surface area (Å²) in [6.45, 7) is 3.06. The van der Waals surface area contributed by atoms with Gasteiger partial charge in [0.25, 0.3) is 5.69 Å². The summed E-state index contributed by atoms with van der Waals surface area (Å²) in [4.78, 5) is 26.8. The van der Waals surface area contributed by atoms with Gasteiger partial charge in [-0.2, -0.15) is 0 Å². The summed E-state index contributed by atoms with van der Waals surface area (Å²) in [5.41, 5.74) is 2.62. The van der Waals surface area contributed by atoms with Crippen molar-refractivity contribution in [1.29, 1.82) is 0 Å². The van der Waals surface area contributed by atoms with Crippen LogP contribution >= 0.6 is 0 Å². The Morgan fingerprint density at radius 1 is 1.15 bits per heavy atom. The maximum absolute atomic E-state index is 12.2. The molecule has 1 aromatic heterocycles. The number of nitrogens with zero attached hydrogens (tertiary/aromatic N) is 3. The number of hydrogen-bond donors (Lipinski definition) is 2.